The standard InChI is InChI=1S/C24H32N4O3S2/c1-5-9-27-21(26-10-6-8-16(2)15-26)18(17(3)19(14-25)22(27)29)13-20-23(30)28(24(32)33-20)11-7-12-31-4/h13,16H,5-12,15H2,1-4H3/b20-13+. The lowest BCUT2D eigenvalue weighted by Crippen LogP contribution is -2.40. The van der Waals surface area contributed by atoms with Crippen LogP contribution in [0.1, 0.15) is 56.2 Å². The minimum atomic E-state index is -0.255. The zero-order chi connectivity index (χ0) is 24.1. The van der Waals surface area contributed by atoms with Gasteiger partial charge in [0.15, 0.2) is 0 Å². The second-order valence-electron chi connectivity index (χ2n) is 8.68. The molecule has 0 saturated carbocycles. The number of nitriles is 1. The van der Waals surface area contributed by atoms with Gasteiger partial charge in [0.05, 0.1) is 4.91 Å². The summed E-state index contributed by atoms with van der Waals surface area (Å²) >= 11 is 6.75. The van der Waals surface area contributed by atoms with Crippen LogP contribution in [0.2, 0.25) is 0 Å². The molecule has 7 nitrogen and oxygen atoms in total. The fraction of sp³-hybridized carbons (Fsp3) is 0.583. The fourth-order valence-electron chi connectivity index (χ4n) is 4.49. The highest BCUT2D eigenvalue weighted by Gasteiger charge is 2.33. The zero-order valence-electron chi connectivity index (χ0n) is 19.8. The number of ether oxygens (including phenoxy) is 1. The van der Waals surface area contributed by atoms with E-state index in [1.54, 1.807) is 23.5 Å². The highest BCUT2D eigenvalue weighted by molar-refractivity contribution is 8.26. The third-order valence-electron chi connectivity index (χ3n) is 6.13. The largest absolute Gasteiger partial charge is 0.385 e. The number of carbonyl (C=O) groups excluding carboxylic acids is 1. The lowest BCUT2D eigenvalue weighted by molar-refractivity contribution is -0.122. The Morgan fingerprint density at radius 1 is 1.33 bits per heavy atom. The zero-order valence-corrected chi connectivity index (χ0v) is 21.5. The first-order valence-corrected chi connectivity index (χ1v) is 12.7. The lowest BCUT2D eigenvalue weighted by Gasteiger charge is -2.36. The number of amides is 1. The first-order chi connectivity index (χ1) is 15.8. The van der Waals surface area contributed by atoms with Gasteiger partial charge in [0, 0.05) is 45.5 Å². The van der Waals surface area contributed by atoms with Gasteiger partial charge in [0.1, 0.15) is 21.8 Å². The minimum Gasteiger partial charge on any atom is -0.385 e. The molecule has 2 aliphatic heterocycles. The molecule has 1 aromatic heterocycles. The molecule has 1 unspecified atom stereocenters. The summed E-state index contributed by atoms with van der Waals surface area (Å²) < 4.78 is 7.36. The van der Waals surface area contributed by atoms with E-state index in [0.717, 1.165) is 43.7 Å². The molecule has 3 rings (SSSR count). The topological polar surface area (TPSA) is 78.6 Å². The Morgan fingerprint density at radius 2 is 2.09 bits per heavy atom. The second-order valence-corrected chi connectivity index (χ2v) is 10.4. The molecule has 2 aliphatic rings. The van der Waals surface area contributed by atoms with Crippen molar-refractivity contribution in [3.05, 3.63) is 31.9 Å². The van der Waals surface area contributed by atoms with Gasteiger partial charge >= 0.3 is 0 Å². The maximum absolute atomic E-state index is 13.2. The molecule has 2 saturated heterocycles. The van der Waals surface area contributed by atoms with E-state index in [9.17, 15) is 14.9 Å². The molecule has 0 spiro atoms. The SMILES string of the molecule is CCCn1c(N2CCCC(C)C2)c(/C=C2/SC(=S)N(CCCOC)C2=O)c(C)c(C#N)c1=O. The predicted molar refractivity (Wildman–Crippen MR) is 137 cm³/mol. The van der Waals surface area contributed by atoms with Gasteiger partial charge in [-0.25, -0.2) is 0 Å². The van der Waals surface area contributed by atoms with Gasteiger partial charge in [0.25, 0.3) is 11.5 Å². The predicted octanol–water partition coefficient (Wildman–Crippen LogP) is 3.91. The molecular weight excluding hydrogens is 456 g/mol. The van der Waals surface area contributed by atoms with Crippen LogP contribution in [-0.4, -0.2) is 53.0 Å². The number of thioether (sulfide) groups is 1. The van der Waals surface area contributed by atoms with Crippen LogP contribution in [0.5, 0.6) is 0 Å². The molecular formula is C24H32N4O3S2. The summed E-state index contributed by atoms with van der Waals surface area (Å²) in [6.07, 6.45) is 5.50. The van der Waals surface area contributed by atoms with Crippen molar-refractivity contribution >= 4 is 46.1 Å². The van der Waals surface area contributed by atoms with Gasteiger partial charge in [0.2, 0.25) is 0 Å². The molecule has 0 radical (unpaired) electrons. The van der Waals surface area contributed by atoms with Crippen molar-refractivity contribution in [1.29, 1.82) is 5.26 Å². The number of thiocarbonyl (C=S) groups is 1. The van der Waals surface area contributed by atoms with Gasteiger partial charge in [-0.15, -0.1) is 0 Å². The summed E-state index contributed by atoms with van der Waals surface area (Å²) in [4.78, 5) is 30.8. The number of methoxy groups -OCH3 is 1. The molecule has 0 bridgehead atoms. The van der Waals surface area contributed by atoms with E-state index in [1.807, 2.05) is 13.0 Å². The highest BCUT2D eigenvalue weighted by Crippen LogP contribution is 2.36. The summed E-state index contributed by atoms with van der Waals surface area (Å²) in [7, 11) is 1.63. The molecule has 0 aromatic carbocycles. The van der Waals surface area contributed by atoms with Crippen molar-refractivity contribution in [2.24, 2.45) is 5.92 Å². The fourth-order valence-corrected chi connectivity index (χ4v) is 5.78. The number of hydrogen-bond acceptors (Lipinski definition) is 7. The number of rotatable bonds is 8. The summed E-state index contributed by atoms with van der Waals surface area (Å²) in [5.74, 6) is 1.19. The Balaban J connectivity index is 2.15. The third-order valence-corrected chi connectivity index (χ3v) is 7.51. The highest BCUT2D eigenvalue weighted by atomic mass is 32.2. The van der Waals surface area contributed by atoms with E-state index < -0.39 is 0 Å². The van der Waals surface area contributed by atoms with Crippen LogP contribution in [0.25, 0.3) is 6.08 Å². The van der Waals surface area contributed by atoms with Crippen molar-refractivity contribution in [3.63, 3.8) is 0 Å². The molecule has 9 heteroatoms. The molecule has 0 aliphatic carbocycles. The van der Waals surface area contributed by atoms with E-state index in [1.165, 1.54) is 11.8 Å². The van der Waals surface area contributed by atoms with Crippen LogP contribution < -0.4 is 10.5 Å². The summed E-state index contributed by atoms with van der Waals surface area (Å²) in [5.41, 5.74) is 1.27. The quantitative estimate of drug-likeness (QED) is 0.312. The first-order valence-electron chi connectivity index (χ1n) is 11.5. The number of pyridine rings is 1. The average Bonchev–Trinajstić information content (AvgIpc) is 3.05. The molecule has 2 fully saturated rings. The normalized spacial score (nSPS) is 20.1. The third kappa shape index (κ3) is 5.34. The van der Waals surface area contributed by atoms with E-state index in [-0.39, 0.29) is 17.0 Å². The molecule has 33 heavy (non-hydrogen) atoms. The number of piperidine rings is 1. The van der Waals surface area contributed by atoms with Gasteiger partial charge in [-0.1, -0.05) is 37.8 Å². The molecule has 0 N–H and O–H groups in total. The van der Waals surface area contributed by atoms with Crippen molar-refractivity contribution in [1.82, 2.24) is 9.47 Å². The smallest absolute Gasteiger partial charge is 0.270 e. The molecule has 178 valence electrons. The minimum absolute atomic E-state index is 0.134. The molecule has 1 amide bonds. The lowest BCUT2D eigenvalue weighted by atomic mass is 9.98. The van der Waals surface area contributed by atoms with Crippen LogP contribution in [-0.2, 0) is 16.1 Å². The van der Waals surface area contributed by atoms with Crippen LogP contribution in [0.4, 0.5) is 5.82 Å². The number of nitrogens with zero attached hydrogens (tertiary/aromatic N) is 4. The molecule has 3 heterocycles. The van der Waals surface area contributed by atoms with Crippen LogP contribution in [0.3, 0.4) is 0 Å². The average molecular weight is 489 g/mol. The first kappa shape index (κ1) is 25.5. The van der Waals surface area contributed by atoms with Crippen molar-refractivity contribution in [3.8, 4) is 6.07 Å². The monoisotopic (exact) mass is 488 g/mol. The Labute approximate surface area is 205 Å². The molecule has 1 atom stereocenters. The van der Waals surface area contributed by atoms with Gasteiger partial charge < -0.3 is 9.64 Å². The summed E-state index contributed by atoms with van der Waals surface area (Å²) in [6, 6.07) is 2.11. The maximum Gasteiger partial charge on any atom is 0.270 e. The number of hydrogen-bond donors (Lipinski definition) is 0. The van der Waals surface area contributed by atoms with Crippen molar-refractivity contribution in [2.45, 2.75) is 53.0 Å². The van der Waals surface area contributed by atoms with Crippen LogP contribution in [0, 0.1) is 24.2 Å². The van der Waals surface area contributed by atoms with E-state index >= 15 is 0 Å². The maximum atomic E-state index is 13.2. The van der Waals surface area contributed by atoms with Crippen molar-refractivity contribution in [2.75, 3.05) is 38.3 Å². The molecule has 1 aromatic rings. The Kier molecular flexibility index (Phi) is 8.74. The number of aromatic nitrogens is 1. The van der Waals surface area contributed by atoms with Crippen LogP contribution in [0.15, 0.2) is 9.70 Å². The van der Waals surface area contributed by atoms with E-state index in [0.29, 0.717) is 46.8 Å². The van der Waals surface area contributed by atoms with Crippen molar-refractivity contribution < 1.29 is 9.53 Å². The van der Waals surface area contributed by atoms with Crippen LogP contribution >= 0.6 is 24.0 Å². The summed E-state index contributed by atoms with van der Waals surface area (Å²) in [5, 5.41) is 9.77. The Morgan fingerprint density at radius 3 is 2.73 bits per heavy atom. The van der Waals surface area contributed by atoms with E-state index in [4.69, 9.17) is 17.0 Å². The number of carbonyl (C=O) groups is 1. The van der Waals surface area contributed by atoms with Gasteiger partial charge in [-0.3, -0.25) is 19.1 Å². The van der Waals surface area contributed by atoms with E-state index in [2.05, 4.69) is 17.9 Å². The number of anilines is 1. The Hall–Kier alpha value is -2.15. The Bertz CT molecular complexity index is 1060. The summed E-state index contributed by atoms with van der Waals surface area (Å²) in [6.45, 7) is 9.31. The van der Waals surface area contributed by atoms with Gasteiger partial charge in [-0.05, 0) is 50.2 Å². The second kappa shape index (κ2) is 11.3. The van der Waals surface area contributed by atoms with Gasteiger partial charge in [-0.2, -0.15) is 5.26 Å².